The Morgan fingerprint density at radius 1 is 1.00 bits per heavy atom. The van der Waals surface area contributed by atoms with Gasteiger partial charge in [0.15, 0.2) is 0 Å². The number of rotatable bonds is 5. The lowest BCUT2D eigenvalue weighted by atomic mass is 9.94. The van der Waals surface area contributed by atoms with Gasteiger partial charge in [0.25, 0.3) is 0 Å². The van der Waals surface area contributed by atoms with Crippen molar-refractivity contribution in [3.05, 3.63) is 58.9 Å². The van der Waals surface area contributed by atoms with E-state index in [0.29, 0.717) is 0 Å². The molecule has 2 aromatic carbocycles. The van der Waals surface area contributed by atoms with Gasteiger partial charge in [-0.05, 0) is 49.4 Å². The lowest BCUT2D eigenvalue weighted by Crippen LogP contribution is -2.19. The maximum absolute atomic E-state index is 13.3. The lowest BCUT2D eigenvalue weighted by Gasteiger charge is -2.22. The van der Waals surface area contributed by atoms with Crippen LogP contribution < -0.4 is 14.8 Å². The Bertz CT molecular complexity index is 628. The average molecular weight is 289 g/mol. The standard InChI is InChI=1S/C17H20FNO2/c1-11-9-12(18)5-7-14(11)17(19-2)15-8-6-13(20-3)10-16(15)21-4/h5-10,17,19H,1-4H3. The van der Waals surface area contributed by atoms with Crippen molar-refractivity contribution >= 4 is 0 Å². The lowest BCUT2D eigenvalue weighted by molar-refractivity contribution is 0.388. The first-order valence-electron chi connectivity index (χ1n) is 6.76. The quantitative estimate of drug-likeness (QED) is 0.914. The van der Waals surface area contributed by atoms with Crippen molar-refractivity contribution in [1.29, 1.82) is 0 Å². The highest BCUT2D eigenvalue weighted by Gasteiger charge is 2.19. The molecule has 21 heavy (non-hydrogen) atoms. The van der Waals surface area contributed by atoms with Gasteiger partial charge in [0.1, 0.15) is 17.3 Å². The van der Waals surface area contributed by atoms with Crippen LogP contribution in [0.5, 0.6) is 11.5 Å². The maximum atomic E-state index is 13.3. The number of methoxy groups -OCH3 is 2. The summed E-state index contributed by atoms with van der Waals surface area (Å²) >= 11 is 0. The van der Waals surface area contributed by atoms with Crippen LogP contribution in [-0.2, 0) is 0 Å². The van der Waals surface area contributed by atoms with Gasteiger partial charge in [-0.15, -0.1) is 0 Å². The SMILES string of the molecule is CNC(c1ccc(F)cc1C)c1ccc(OC)cc1OC. The van der Waals surface area contributed by atoms with Crippen molar-refractivity contribution in [3.63, 3.8) is 0 Å². The first-order valence-corrected chi connectivity index (χ1v) is 6.76. The third-order valence-corrected chi connectivity index (χ3v) is 3.58. The molecule has 0 spiro atoms. The van der Waals surface area contributed by atoms with Gasteiger partial charge in [0, 0.05) is 11.6 Å². The summed E-state index contributed by atoms with van der Waals surface area (Å²) in [5, 5.41) is 3.26. The molecule has 3 nitrogen and oxygen atoms in total. The number of aryl methyl sites for hydroxylation is 1. The van der Waals surface area contributed by atoms with Crippen molar-refractivity contribution in [2.45, 2.75) is 13.0 Å². The Balaban J connectivity index is 2.50. The zero-order chi connectivity index (χ0) is 15.4. The Morgan fingerprint density at radius 3 is 2.29 bits per heavy atom. The van der Waals surface area contributed by atoms with Crippen LogP contribution in [0.15, 0.2) is 36.4 Å². The zero-order valence-corrected chi connectivity index (χ0v) is 12.7. The molecule has 2 aromatic rings. The summed E-state index contributed by atoms with van der Waals surface area (Å²) in [5.41, 5.74) is 2.89. The molecule has 0 amide bonds. The summed E-state index contributed by atoms with van der Waals surface area (Å²) in [6, 6.07) is 10.4. The van der Waals surface area contributed by atoms with E-state index in [1.54, 1.807) is 20.3 Å². The van der Waals surface area contributed by atoms with Crippen molar-refractivity contribution in [1.82, 2.24) is 5.32 Å². The number of ether oxygens (including phenoxy) is 2. The normalized spacial score (nSPS) is 12.0. The molecule has 0 aliphatic rings. The molecule has 0 aliphatic carbocycles. The van der Waals surface area contributed by atoms with E-state index < -0.39 is 0 Å². The van der Waals surface area contributed by atoms with Gasteiger partial charge in [0.05, 0.1) is 20.3 Å². The first kappa shape index (κ1) is 15.3. The van der Waals surface area contributed by atoms with E-state index in [4.69, 9.17) is 9.47 Å². The average Bonchev–Trinajstić information content (AvgIpc) is 2.50. The summed E-state index contributed by atoms with van der Waals surface area (Å²) in [4.78, 5) is 0. The third-order valence-electron chi connectivity index (χ3n) is 3.58. The van der Waals surface area contributed by atoms with Crippen LogP contribution in [0.4, 0.5) is 4.39 Å². The molecule has 0 fully saturated rings. The van der Waals surface area contributed by atoms with E-state index in [0.717, 1.165) is 28.2 Å². The smallest absolute Gasteiger partial charge is 0.127 e. The molecule has 2 rings (SSSR count). The molecule has 0 aromatic heterocycles. The molecule has 0 bridgehead atoms. The second-order valence-corrected chi connectivity index (χ2v) is 4.83. The van der Waals surface area contributed by atoms with E-state index in [1.165, 1.54) is 12.1 Å². The summed E-state index contributed by atoms with van der Waals surface area (Å²) in [7, 11) is 5.12. The number of hydrogen-bond acceptors (Lipinski definition) is 3. The van der Waals surface area contributed by atoms with Crippen molar-refractivity contribution in [2.75, 3.05) is 21.3 Å². The predicted octanol–water partition coefficient (Wildman–Crippen LogP) is 3.46. The third kappa shape index (κ3) is 3.16. The van der Waals surface area contributed by atoms with Gasteiger partial charge in [0.2, 0.25) is 0 Å². The second kappa shape index (κ2) is 6.59. The molecule has 0 aliphatic heterocycles. The van der Waals surface area contributed by atoms with E-state index in [1.807, 2.05) is 32.2 Å². The highest BCUT2D eigenvalue weighted by Crippen LogP contribution is 2.34. The van der Waals surface area contributed by atoms with Crippen LogP contribution in [0.2, 0.25) is 0 Å². The summed E-state index contributed by atoms with van der Waals surface area (Å²) < 4.78 is 24.0. The zero-order valence-electron chi connectivity index (χ0n) is 12.7. The molecule has 1 unspecified atom stereocenters. The van der Waals surface area contributed by atoms with Gasteiger partial charge >= 0.3 is 0 Å². The molecular weight excluding hydrogens is 269 g/mol. The molecule has 112 valence electrons. The number of hydrogen-bond donors (Lipinski definition) is 1. The minimum atomic E-state index is -0.229. The summed E-state index contributed by atoms with van der Waals surface area (Å²) in [5.74, 6) is 1.24. The predicted molar refractivity (Wildman–Crippen MR) is 81.6 cm³/mol. The number of nitrogens with one attached hydrogen (secondary N) is 1. The molecule has 0 saturated carbocycles. The van der Waals surface area contributed by atoms with Crippen molar-refractivity contribution in [2.24, 2.45) is 0 Å². The molecule has 4 heteroatoms. The Hall–Kier alpha value is -2.07. The molecule has 1 N–H and O–H groups in total. The Morgan fingerprint density at radius 2 is 1.71 bits per heavy atom. The molecule has 0 saturated heterocycles. The van der Waals surface area contributed by atoms with Gasteiger partial charge in [-0.25, -0.2) is 4.39 Å². The highest BCUT2D eigenvalue weighted by atomic mass is 19.1. The highest BCUT2D eigenvalue weighted by molar-refractivity contribution is 5.47. The minimum absolute atomic E-state index is 0.0774. The van der Waals surface area contributed by atoms with Crippen molar-refractivity contribution in [3.8, 4) is 11.5 Å². The van der Waals surface area contributed by atoms with Gasteiger partial charge < -0.3 is 14.8 Å². The van der Waals surface area contributed by atoms with Crippen LogP contribution in [0.3, 0.4) is 0 Å². The van der Waals surface area contributed by atoms with E-state index >= 15 is 0 Å². The van der Waals surface area contributed by atoms with Crippen LogP contribution >= 0.6 is 0 Å². The fourth-order valence-electron chi connectivity index (χ4n) is 2.50. The molecule has 0 heterocycles. The minimum Gasteiger partial charge on any atom is -0.497 e. The second-order valence-electron chi connectivity index (χ2n) is 4.83. The fraction of sp³-hybridized carbons (Fsp3) is 0.294. The Labute approximate surface area is 124 Å². The van der Waals surface area contributed by atoms with Gasteiger partial charge in [-0.1, -0.05) is 6.07 Å². The van der Waals surface area contributed by atoms with E-state index in [-0.39, 0.29) is 11.9 Å². The van der Waals surface area contributed by atoms with E-state index in [9.17, 15) is 4.39 Å². The topological polar surface area (TPSA) is 30.5 Å². The van der Waals surface area contributed by atoms with E-state index in [2.05, 4.69) is 5.32 Å². The number of benzene rings is 2. The van der Waals surface area contributed by atoms with Crippen LogP contribution in [-0.4, -0.2) is 21.3 Å². The molecule has 1 atom stereocenters. The molecule has 0 radical (unpaired) electrons. The van der Waals surface area contributed by atoms with Crippen LogP contribution in [0.1, 0.15) is 22.7 Å². The largest absolute Gasteiger partial charge is 0.497 e. The van der Waals surface area contributed by atoms with Crippen LogP contribution in [0, 0.1) is 12.7 Å². The fourth-order valence-corrected chi connectivity index (χ4v) is 2.50. The summed E-state index contributed by atoms with van der Waals surface area (Å²) in [6.07, 6.45) is 0. The number of halogens is 1. The Kier molecular flexibility index (Phi) is 4.81. The van der Waals surface area contributed by atoms with Crippen LogP contribution in [0.25, 0.3) is 0 Å². The van der Waals surface area contributed by atoms with Gasteiger partial charge in [-0.2, -0.15) is 0 Å². The summed E-state index contributed by atoms with van der Waals surface area (Å²) in [6.45, 7) is 1.90. The van der Waals surface area contributed by atoms with Gasteiger partial charge in [-0.3, -0.25) is 0 Å². The van der Waals surface area contributed by atoms with Crippen molar-refractivity contribution < 1.29 is 13.9 Å². The monoisotopic (exact) mass is 289 g/mol. The maximum Gasteiger partial charge on any atom is 0.127 e. The first-order chi connectivity index (χ1) is 10.1. The molecular formula is C17H20FNO2.